The quantitative estimate of drug-likeness (QED) is 0.447. The molecule has 10 nitrogen and oxygen atoms in total. The molecular weight excluding hydrogens is 484 g/mol. The highest BCUT2D eigenvalue weighted by Crippen LogP contribution is 2.33. The van der Waals surface area contributed by atoms with Gasteiger partial charge in [-0.25, -0.2) is 18.9 Å². The van der Waals surface area contributed by atoms with Crippen LogP contribution in [-0.2, 0) is 10.2 Å². The van der Waals surface area contributed by atoms with E-state index in [0.717, 1.165) is 6.26 Å². The van der Waals surface area contributed by atoms with Crippen molar-refractivity contribution in [2.45, 2.75) is 18.9 Å². The molecule has 2 aromatic carbocycles. The van der Waals surface area contributed by atoms with Crippen LogP contribution in [-0.4, -0.2) is 45.6 Å². The summed E-state index contributed by atoms with van der Waals surface area (Å²) in [6, 6.07) is 7.85. The second-order valence-corrected chi connectivity index (χ2v) is 9.22. The molecule has 1 fully saturated rings. The topological polar surface area (TPSA) is 140 Å². The lowest BCUT2D eigenvalue weighted by Gasteiger charge is -2.34. The van der Waals surface area contributed by atoms with E-state index in [1.165, 1.54) is 43.5 Å². The Hall–Kier alpha value is -3.55. The molecule has 0 spiro atoms. The normalized spacial score (nSPS) is 14.7. The minimum absolute atomic E-state index is 0.0310. The van der Waals surface area contributed by atoms with E-state index >= 15 is 0 Å². The molecule has 35 heavy (non-hydrogen) atoms. The predicted molar refractivity (Wildman–Crippen MR) is 124 cm³/mol. The van der Waals surface area contributed by atoms with Gasteiger partial charge in [0.25, 0.3) is 16.1 Å². The molecule has 3 aromatic rings. The zero-order valence-corrected chi connectivity index (χ0v) is 19.4. The molecule has 4 N–H and O–H groups in total. The summed E-state index contributed by atoms with van der Waals surface area (Å²) >= 11 is 0. The Morgan fingerprint density at radius 2 is 1.97 bits per heavy atom. The fourth-order valence-electron chi connectivity index (χ4n) is 3.92. The summed E-state index contributed by atoms with van der Waals surface area (Å²) in [5, 5.41) is 7.67. The Kier molecular flexibility index (Phi) is 7.00. The van der Waals surface area contributed by atoms with E-state index in [9.17, 15) is 22.0 Å². The van der Waals surface area contributed by atoms with Crippen molar-refractivity contribution in [1.29, 1.82) is 0 Å². The first-order chi connectivity index (χ1) is 16.6. The minimum Gasteiger partial charge on any atom is -0.496 e. The number of nitrogens with zero attached hydrogens (tertiary/aromatic N) is 2. The molecule has 1 aliphatic heterocycles. The highest BCUT2D eigenvalue weighted by Gasteiger charge is 2.25. The third-order valence-corrected chi connectivity index (χ3v) is 6.18. The molecule has 13 heteroatoms. The third kappa shape index (κ3) is 5.75. The van der Waals surface area contributed by atoms with Gasteiger partial charge in [0, 0.05) is 19.1 Å². The second-order valence-electron chi connectivity index (χ2n) is 7.89. The number of aromatic nitrogens is 1. The lowest BCUT2D eigenvalue weighted by atomic mass is 10.0. The number of carbonyl (C=O) groups is 1. The molecule has 1 saturated heterocycles. The number of oxazole rings is 1. The largest absolute Gasteiger partial charge is 0.496 e. The van der Waals surface area contributed by atoms with E-state index in [2.05, 4.69) is 15.0 Å². The molecule has 0 bridgehead atoms. The second kappa shape index (κ2) is 9.98. The number of hydrogen-bond donors (Lipinski definition) is 3. The van der Waals surface area contributed by atoms with Crippen LogP contribution < -0.4 is 24.8 Å². The zero-order valence-electron chi connectivity index (χ0n) is 18.6. The van der Waals surface area contributed by atoms with Gasteiger partial charge in [-0.3, -0.25) is 4.79 Å². The van der Waals surface area contributed by atoms with Crippen molar-refractivity contribution in [2.75, 3.05) is 30.4 Å². The highest BCUT2D eigenvalue weighted by atomic mass is 32.2. The smallest absolute Gasteiger partial charge is 0.277 e. The van der Waals surface area contributed by atoms with Gasteiger partial charge in [-0.1, -0.05) is 6.07 Å². The lowest BCUT2D eigenvalue weighted by Crippen LogP contribution is -2.46. The maximum atomic E-state index is 14.3. The first kappa shape index (κ1) is 24.6. The van der Waals surface area contributed by atoms with Crippen LogP contribution in [0.15, 0.2) is 47.1 Å². The molecule has 1 amide bonds. The molecule has 0 saturated carbocycles. The van der Waals surface area contributed by atoms with Gasteiger partial charge in [0.15, 0.2) is 5.69 Å². The average molecular weight is 508 g/mol. The summed E-state index contributed by atoms with van der Waals surface area (Å²) < 4.78 is 63.7. The van der Waals surface area contributed by atoms with Crippen molar-refractivity contribution >= 4 is 27.5 Å². The fourth-order valence-corrected chi connectivity index (χ4v) is 4.62. The maximum absolute atomic E-state index is 14.3. The van der Waals surface area contributed by atoms with Crippen LogP contribution in [0.4, 0.5) is 20.2 Å². The summed E-state index contributed by atoms with van der Waals surface area (Å²) in [5.41, 5.74) is 0.572. The number of methoxy groups -OCH3 is 1. The molecule has 186 valence electrons. The van der Waals surface area contributed by atoms with Gasteiger partial charge < -0.3 is 19.4 Å². The first-order valence-corrected chi connectivity index (χ1v) is 12.1. The van der Waals surface area contributed by atoms with Gasteiger partial charge in [0.05, 0.1) is 18.5 Å². The van der Waals surface area contributed by atoms with E-state index < -0.39 is 27.8 Å². The van der Waals surface area contributed by atoms with Gasteiger partial charge in [0.1, 0.15) is 29.2 Å². The Morgan fingerprint density at radius 1 is 1.23 bits per heavy atom. The molecule has 1 aromatic heterocycles. The van der Waals surface area contributed by atoms with Crippen molar-refractivity contribution in [3.63, 3.8) is 0 Å². The van der Waals surface area contributed by atoms with E-state index in [4.69, 9.17) is 14.3 Å². The number of amides is 1. The SMILES string of the molecule is COc1cccc(F)c1-c1nc(C(=O)Nc2cc(F)ccc2N2CCC(NS(N)(=O)=O)CC2)co1. The summed E-state index contributed by atoms with van der Waals surface area (Å²) in [4.78, 5) is 18.8. The molecule has 0 aliphatic carbocycles. The average Bonchev–Trinajstić information content (AvgIpc) is 3.28. The lowest BCUT2D eigenvalue weighted by molar-refractivity contribution is 0.102. The van der Waals surface area contributed by atoms with Crippen molar-refractivity contribution in [3.05, 3.63) is 60.0 Å². The number of halogens is 2. The monoisotopic (exact) mass is 507 g/mol. The van der Waals surface area contributed by atoms with Crippen LogP contribution in [0, 0.1) is 11.6 Å². The number of hydrogen-bond acceptors (Lipinski definition) is 7. The van der Waals surface area contributed by atoms with E-state index in [1.807, 2.05) is 4.90 Å². The van der Waals surface area contributed by atoms with E-state index in [1.54, 1.807) is 0 Å². The van der Waals surface area contributed by atoms with Gasteiger partial charge in [-0.15, -0.1) is 0 Å². The van der Waals surface area contributed by atoms with Crippen molar-refractivity contribution in [1.82, 2.24) is 9.71 Å². The van der Waals surface area contributed by atoms with Crippen LogP contribution in [0.1, 0.15) is 23.3 Å². The van der Waals surface area contributed by atoms with Crippen molar-refractivity contribution < 1.29 is 31.1 Å². The highest BCUT2D eigenvalue weighted by molar-refractivity contribution is 7.87. The predicted octanol–water partition coefficient (Wildman–Crippen LogP) is 2.64. The van der Waals surface area contributed by atoms with Crippen LogP contribution in [0.2, 0.25) is 0 Å². The molecule has 0 atom stereocenters. The number of nitrogens with two attached hydrogens (primary N) is 1. The Bertz CT molecular complexity index is 1340. The number of piperidine rings is 1. The van der Waals surface area contributed by atoms with Gasteiger partial charge >= 0.3 is 0 Å². The van der Waals surface area contributed by atoms with E-state index in [-0.39, 0.29) is 34.6 Å². The number of rotatable bonds is 7. The first-order valence-electron chi connectivity index (χ1n) is 10.6. The zero-order chi connectivity index (χ0) is 25.2. The number of ether oxygens (including phenoxy) is 1. The summed E-state index contributed by atoms with van der Waals surface area (Å²) in [7, 11) is -2.44. The standard InChI is InChI=1S/C22H23F2N5O5S/c1-33-19-4-2-3-15(24)20(19)22-27-17(12-34-22)21(30)26-16-11-13(23)5-6-18(16)29-9-7-14(8-10-29)28-35(25,31)32/h2-6,11-12,14,28H,7-10H2,1H3,(H,26,30)(H2,25,31,32). The number of nitrogens with one attached hydrogen (secondary N) is 2. The van der Waals surface area contributed by atoms with E-state index in [0.29, 0.717) is 31.6 Å². The molecule has 1 aliphatic rings. The summed E-state index contributed by atoms with van der Waals surface area (Å²) in [6.45, 7) is 0.895. The van der Waals surface area contributed by atoms with Crippen molar-refractivity contribution in [2.24, 2.45) is 5.14 Å². The Morgan fingerprint density at radius 3 is 2.66 bits per heavy atom. The van der Waals surface area contributed by atoms with Gasteiger partial charge in [0.2, 0.25) is 5.89 Å². The van der Waals surface area contributed by atoms with Crippen molar-refractivity contribution in [3.8, 4) is 17.2 Å². The molecule has 4 rings (SSSR count). The van der Waals surface area contributed by atoms with Gasteiger partial charge in [-0.2, -0.15) is 13.1 Å². The third-order valence-electron chi connectivity index (χ3n) is 5.52. The molecule has 0 unspecified atom stereocenters. The van der Waals surface area contributed by atoms with Crippen LogP contribution in [0.25, 0.3) is 11.5 Å². The fraction of sp³-hybridized carbons (Fsp3) is 0.273. The molecule has 0 radical (unpaired) electrons. The number of benzene rings is 2. The minimum atomic E-state index is -3.81. The van der Waals surface area contributed by atoms with Crippen LogP contribution in [0.3, 0.4) is 0 Å². The Labute approximate surface area is 200 Å². The molecule has 2 heterocycles. The van der Waals surface area contributed by atoms with Crippen LogP contribution in [0.5, 0.6) is 5.75 Å². The molecular formula is C22H23F2N5O5S. The summed E-state index contributed by atoms with van der Waals surface area (Å²) in [5.74, 6) is -1.84. The summed E-state index contributed by atoms with van der Waals surface area (Å²) in [6.07, 6.45) is 2.01. The maximum Gasteiger partial charge on any atom is 0.277 e. The van der Waals surface area contributed by atoms with Crippen LogP contribution >= 0.6 is 0 Å². The van der Waals surface area contributed by atoms with Gasteiger partial charge in [-0.05, 0) is 43.2 Å². The number of carbonyl (C=O) groups excluding carboxylic acids is 1. The Balaban J connectivity index is 1.52. The number of anilines is 2.